The number of hydrogen-bond acceptors (Lipinski definition) is 5. The molecule has 2 unspecified atom stereocenters. The van der Waals surface area contributed by atoms with Crippen molar-refractivity contribution in [3.8, 4) is 0 Å². The molecule has 1 aromatic rings. The van der Waals surface area contributed by atoms with E-state index in [2.05, 4.69) is 17.6 Å². The first-order valence-corrected chi connectivity index (χ1v) is 12.9. The number of nitrogens with two attached hydrogens (primary N) is 1. The Morgan fingerprint density at radius 3 is 2.42 bits per heavy atom. The normalized spacial score (nSPS) is 14.9. The van der Waals surface area contributed by atoms with E-state index < -0.39 is 35.6 Å². The molecule has 4 N–H and O–H groups in total. The lowest BCUT2D eigenvalue weighted by atomic mass is 9.99. The molecule has 0 radical (unpaired) electrons. The van der Waals surface area contributed by atoms with Gasteiger partial charge in [-0.25, -0.2) is 4.79 Å². The molecule has 1 aromatic carbocycles. The molecule has 36 heavy (non-hydrogen) atoms. The number of unbranched alkanes of at least 4 members (excludes halogenated alkanes) is 2. The molecule has 0 aromatic heterocycles. The third kappa shape index (κ3) is 9.51. The molecular formula is C27H42N4O5. The highest BCUT2D eigenvalue weighted by molar-refractivity contribution is 5.93. The minimum atomic E-state index is -1.06. The van der Waals surface area contributed by atoms with Gasteiger partial charge in [0, 0.05) is 19.0 Å². The van der Waals surface area contributed by atoms with Crippen molar-refractivity contribution in [3.63, 3.8) is 0 Å². The van der Waals surface area contributed by atoms with Gasteiger partial charge >= 0.3 is 6.09 Å². The van der Waals surface area contributed by atoms with Crippen LogP contribution in [0.2, 0.25) is 0 Å². The maximum atomic E-state index is 13.9. The van der Waals surface area contributed by atoms with Crippen LogP contribution in [0.3, 0.4) is 0 Å². The molecule has 0 spiro atoms. The molecule has 0 bridgehead atoms. The summed E-state index contributed by atoms with van der Waals surface area (Å²) in [4.78, 5) is 53.1. The number of amides is 4. The number of primary amides is 1. The highest BCUT2D eigenvalue weighted by atomic mass is 16.6. The van der Waals surface area contributed by atoms with Gasteiger partial charge in [0.2, 0.25) is 17.7 Å². The summed E-state index contributed by atoms with van der Waals surface area (Å²) in [6, 6.07) is 5.48. The van der Waals surface area contributed by atoms with Crippen LogP contribution in [0.4, 0.5) is 4.79 Å². The maximum absolute atomic E-state index is 13.9. The second-order valence-electron chi connectivity index (χ2n) is 10.5. The Hall–Kier alpha value is -3.10. The van der Waals surface area contributed by atoms with E-state index in [1.54, 1.807) is 25.7 Å². The zero-order valence-electron chi connectivity index (χ0n) is 22.3. The molecule has 1 aliphatic rings. The summed E-state index contributed by atoms with van der Waals surface area (Å²) >= 11 is 0. The third-order valence-corrected chi connectivity index (χ3v) is 5.83. The summed E-state index contributed by atoms with van der Waals surface area (Å²) < 4.78 is 5.35. The number of aryl methyl sites for hydroxylation is 1. The minimum Gasteiger partial charge on any atom is -0.444 e. The van der Waals surface area contributed by atoms with Gasteiger partial charge < -0.3 is 26.0 Å². The van der Waals surface area contributed by atoms with Crippen LogP contribution in [0.25, 0.3) is 0 Å². The monoisotopic (exact) mass is 502 g/mol. The van der Waals surface area contributed by atoms with Gasteiger partial charge in [0.05, 0.1) is 0 Å². The van der Waals surface area contributed by atoms with Crippen LogP contribution in [0.5, 0.6) is 0 Å². The second kappa shape index (κ2) is 13.3. The van der Waals surface area contributed by atoms with Crippen molar-refractivity contribution in [1.82, 2.24) is 15.5 Å². The first-order valence-electron chi connectivity index (χ1n) is 12.9. The molecular weight excluding hydrogens is 460 g/mol. The summed E-state index contributed by atoms with van der Waals surface area (Å²) in [7, 11) is 0. The molecule has 9 heteroatoms. The van der Waals surface area contributed by atoms with Crippen molar-refractivity contribution in [2.75, 3.05) is 6.54 Å². The van der Waals surface area contributed by atoms with Gasteiger partial charge in [-0.1, -0.05) is 49.6 Å². The van der Waals surface area contributed by atoms with Crippen LogP contribution >= 0.6 is 0 Å². The molecule has 4 amide bonds. The standard InChI is InChI=1S/C27H42N4O5/c1-6-7-8-16-29-24(33)23(19-11-9-10-18(2)17-19)31(20-12-13-20)25(34)21(14-15-22(28)32)30-26(35)36-27(3,4)5/h9-11,17,20-21,23H,6-8,12-16H2,1-5H3,(H2,28,32)(H,29,33)(H,30,35). The Kier molecular flexibility index (Phi) is 10.7. The Morgan fingerprint density at radius 2 is 1.86 bits per heavy atom. The fraction of sp³-hybridized carbons (Fsp3) is 0.630. The smallest absolute Gasteiger partial charge is 0.408 e. The maximum Gasteiger partial charge on any atom is 0.408 e. The number of hydrogen-bond donors (Lipinski definition) is 3. The minimum absolute atomic E-state index is 0.00921. The highest BCUT2D eigenvalue weighted by Crippen LogP contribution is 2.36. The molecule has 1 saturated carbocycles. The van der Waals surface area contributed by atoms with Gasteiger partial charge in [-0.05, 0) is 58.9 Å². The SMILES string of the molecule is CCCCCNC(=O)C(c1cccc(C)c1)N(C(=O)C(CCC(N)=O)NC(=O)OC(C)(C)C)C1CC1. The number of ether oxygens (including phenoxy) is 1. The lowest BCUT2D eigenvalue weighted by molar-refractivity contribution is -0.143. The molecule has 2 rings (SSSR count). The number of nitrogens with one attached hydrogen (secondary N) is 2. The van der Waals surface area contributed by atoms with Crippen molar-refractivity contribution in [3.05, 3.63) is 35.4 Å². The zero-order chi connectivity index (χ0) is 26.9. The number of carbonyl (C=O) groups excluding carboxylic acids is 4. The number of nitrogens with zero attached hydrogens (tertiary/aromatic N) is 1. The fourth-order valence-electron chi connectivity index (χ4n) is 4.01. The van der Waals surface area contributed by atoms with Crippen LogP contribution in [-0.4, -0.2) is 52.9 Å². The molecule has 9 nitrogen and oxygen atoms in total. The van der Waals surface area contributed by atoms with E-state index in [-0.39, 0.29) is 24.8 Å². The van der Waals surface area contributed by atoms with E-state index in [9.17, 15) is 19.2 Å². The van der Waals surface area contributed by atoms with Crippen molar-refractivity contribution in [2.45, 2.75) is 103 Å². The Morgan fingerprint density at radius 1 is 1.17 bits per heavy atom. The summed E-state index contributed by atoms with van der Waals surface area (Å²) in [5.74, 6) is -1.27. The van der Waals surface area contributed by atoms with Gasteiger partial charge in [-0.2, -0.15) is 0 Å². The van der Waals surface area contributed by atoms with Crippen LogP contribution in [0.1, 0.15) is 89.8 Å². The lowest BCUT2D eigenvalue weighted by Crippen LogP contribution is -2.54. The van der Waals surface area contributed by atoms with Crippen molar-refractivity contribution >= 4 is 23.8 Å². The molecule has 0 heterocycles. The fourth-order valence-corrected chi connectivity index (χ4v) is 4.01. The number of rotatable bonds is 13. The summed E-state index contributed by atoms with van der Waals surface area (Å²) in [6.45, 7) is 9.71. The Labute approximate surface area is 214 Å². The predicted octanol–water partition coefficient (Wildman–Crippen LogP) is 3.49. The van der Waals surface area contributed by atoms with E-state index in [4.69, 9.17) is 10.5 Å². The average molecular weight is 503 g/mol. The van der Waals surface area contributed by atoms with E-state index in [1.807, 2.05) is 31.2 Å². The Balaban J connectivity index is 2.38. The Bertz CT molecular complexity index is 923. The van der Waals surface area contributed by atoms with Crippen molar-refractivity contribution < 1.29 is 23.9 Å². The van der Waals surface area contributed by atoms with Gasteiger partial charge in [-0.15, -0.1) is 0 Å². The topological polar surface area (TPSA) is 131 Å². The molecule has 1 aliphatic carbocycles. The molecule has 2 atom stereocenters. The van der Waals surface area contributed by atoms with Gasteiger partial charge in [0.25, 0.3) is 0 Å². The first kappa shape index (κ1) is 29.1. The summed E-state index contributed by atoms with van der Waals surface area (Å²) in [5.41, 5.74) is 6.25. The highest BCUT2D eigenvalue weighted by Gasteiger charge is 2.44. The third-order valence-electron chi connectivity index (χ3n) is 5.83. The van der Waals surface area contributed by atoms with Crippen molar-refractivity contribution in [2.24, 2.45) is 5.73 Å². The van der Waals surface area contributed by atoms with Gasteiger partial charge in [0.15, 0.2) is 0 Å². The van der Waals surface area contributed by atoms with Gasteiger partial charge in [-0.3, -0.25) is 14.4 Å². The van der Waals surface area contributed by atoms with Crippen LogP contribution in [0.15, 0.2) is 24.3 Å². The summed E-state index contributed by atoms with van der Waals surface area (Å²) in [6.07, 6.45) is 3.53. The quantitative estimate of drug-likeness (QED) is 0.355. The van der Waals surface area contributed by atoms with E-state index >= 15 is 0 Å². The summed E-state index contributed by atoms with van der Waals surface area (Å²) in [5, 5.41) is 5.61. The van der Waals surface area contributed by atoms with Crippen LogP contribution < -0.4 is 16.4 Å². The second-order valence-corrected chi connectivity index (χ2v) is 10.5. The van der Waals surface area contributed by atoms with Crippen LogP contribution in [-0.2, 0) is 19.1 Å². The van der Waals surface area contributed by atoms with Crippen molar-refractivity contribution in [1.29, 1.82) is 0 Å². The first-order chi connectivity index (χ1) is 16.9. The van der Waals surface area contributed by atoms with E-state index in [1.165, 1.54) is 0 Å². The molecule has 0 saturated heterocycles. The number of carbonyl (C=O) groups is 4. The molecule has 200 valence electrons. The number of alkyl carbamates (subject to hydrolysis) is 1. The molecule has 0 aliphatic heterocycles. The number of benzene rings is 1. The van der Waals surface area contributed by atoms with E-state index in [0.717, 1.165) is 37.7 Å². The van der Waals surface area contributed by atoms with Crippen LogP contribution in [0, 0.1) is 6.92 Å². The van der Waals surface area contributed by atoms with Gasteiger partial charge in [0.1, 0.15) is 17.7 Å². The lowest BCUT2D eigenvalue weighted by Gasteiger charge is -2.34. The largest absolute Gasteiger partial charge is 0.444 e. The molecule has 1 fully saturated rings. The zero-order valence-corrected chi connectivity index (χ0v) is 22.3. The van der Waals surface area contributed by atoms with E-state index in [0.29, 0.717) is 12.1 Å². The average Bonchev–Trinajstić information content (AvgIpc) is 3.61. The predicted molar refractivity (Wildman–Crippen MR) is 138 cm³/mol.